The Hall–Kier alpha value is -3.60. The summed E-state index contributed by atoms with van der Waals surface area (Å²) in [7, 11) is 0. The number of hydrogen-bond acceptors (Lipinski definition) is 3. The van der Waals surface area contributed by atoms with E-state index in [9.17, 15) is 9.59 Å². The van der Waals surface area contributed by atoms with Crippen molar-refractivity contribution in [1.82, 2.24) is 10.6 Å². The van der Waals surface area contributed by atoms with Gasteiger partial charge >= 0.3 is 0 Å². The zero-order valence-corrected chi connectivity index (χ0v) is 18.4. The second-order valence-corrected chi connectivity index (χ2v) is 7.64. The molecular formula is C26H28N2O3. The number of carbonyl (C=O) groups is 2. The molecule has 2 aromatic carbocycles. The third kappa shape index (κ3) is 5.51. The summed E-state index contributed by atoms with van der Waals surface area (Å²) in [5.41, 5.74) is 4.83. The molecule has 31 heavy (non-hydrogen) atoms. The summed E-state index contributed by atoms with van der Waals surface area (Å²) in [6.45, 7) is 7.96. The van der Waals surface area contributed by atoms with Crippen molar-refractivity contribution in [3.63, 3.8) is 0 Å². The summed E-state index contributed by atoms with van der Waals surface area (Å²) >= 11 is 0. The van der Waals surface area contributed by atoms with Crippen LogP contribution < -0.4 is 10.6 Å². The molecule has 0 fully saturated rings. The maximum atomic E-state index is 13.2. The lowest BCUT2D eigenvalue weighted by Gasteiger charge is -2.21. The van der Waals surface area contributed by atoms with Gasteiger partial charge in [-0.2, -0.15) is 0 Å². The van der Waals surface area contributed by atoms with Crippen molar-refractivity contribution in [1.29, 1.82) is 0 Å². The molecule has 3 rings (SSSR count). The number of benzene rings is 2. The summed E-state index contributed by atoms with van der Waals surface area (Å²) in [4.78, 5) is 26.1. The third-order valence-electron chi connectivity index (χ3n) is 5.23. The van der Waals surface area contributed by atoms with Crippen molar-refractivity contribution in [2.24, 2.45) is 0 Å². The first-order valence-electron chi connectivity index (χ1n) is 10.4. The molecule has 5 heteroatoms. The third-order valence-corrected chi connectivity index (χ3v) is 5.23. The Morgan fingerprint density at radius 3 is 2.42 bits per heavy atom. The highest BCUT2D eigenvalue weighted by Gasteiger charge is 2.20. The minimum atomic E-state index is -0.370. The topological polar surface area (TPSA) is 71.3 Å². The molecule has 3 aromatic rings. The Labute approximate surface area is 183 Å². The fourth-order valence-corrected chi connectivity index (χ4v) is 3.54. The molecule has 1 unspecified atom stereocenters. The van der Waals surface area contributed by atoms with Crippen molar-refractivity contribution in [3.05, 3.63) is 100 Å². The molecule has 1 aromatic heterocycles. The molecule has 2 N–H and O–H groups in total. The zero-order chi connectivity index (χ0) is 22.4. The van der Waals surface area contributed by atoms with Crippen LogP contribution in [0.1, 0.15) is 57.8 Å². The average Bonchev–Trinajstić information content (AvgIpc) is 3.25. The smallest absolute Gasteiger partial charge is 0.268 e. The van der Waals surface area contributed by atoms with Gasteiger partial charge in [0.05, 0.1) is 12.3 Å². The van der Waals surface area contributed by atoms with Gasteiger partial charge < -0.3 is 15.1 Å². The minimum Gasteiger partial charge on any atom is -0.465 e. The van der Waals surface area contributed by atoms with Gasteiger partial charge in [0.15, 0.2) is 0 Å². The molecule has 0 aliphatic rings. The van der Waals surface area contributed by atoms with E-state index in [1.54, 1.807) is 30.3 Å². The predicted molar refractivity (Wildman–Crippen MR) is 122 cm³/mol. The monoisotopic (exact) mass is 416 g/mol. The summed E-state index contributed by atoms with van der Waals surface area (Å²) in [5.74, 6) is -0.231. The second-order valence-electron chi connectivity index (χ2n) is 7.64. The van der Waals surface area contributed by atoms with Gasteiger partial charge in [0.2, 0.25) is 0 Å². The van der Waals surface area contributed by atoms with E-state index in [-0.39, 0.29) is 23.6 Å². The van der Waals surface area contributed by atoms with Gasteiger partial charge in [-0.1, -0.05) is 48.9 Å². The number of hydrogen-bond donors (Lipinski definition) is 2. The van der Waals surface area contributed by atoms with Crippen molar-refractivity contribution in [2.45, 2.75) is 40.2 Å². The molecule has 0 spiro atoms. The van der Waals surface area contributed by atoms with E-state index >= 15 is 0 Å². The standard InChI is InChI=1S/C26H28N2O3/c1-5-23(21-13-12-17(2)15-19(21)4)27-26(30)24(16-20-10-8-14-31-20)28-25(29)22-11-7-6-9-18(22)3/h6-16,23H,5H2,1-4H3,(H,27,30)(H,28,29)/b24-16-. The Bertz CT molecular complexity index is 1100. The van der Waals surface area contributed by atoms with E-state index in [2.05, 4.69) is 16.7 Å². The fourth-order valence-electron chi connectivity index (χ4n) is 3.54. The highest BCUT2D eigenvalue weighted by atomic mass is 16.3. The fraction of sp³-hybridized carbons (Fsp3) is 0.231. The Morgan fingerprint density at radius 2 is 1.77 bits per heavy atom. The maximum absolute atomic E-state index is 13.2. The number of aryl methyl sites for hydroxylation is 3. The zero-order valence-electron chi connectivity index (χ0n) is 18.4. The Morgan fingerprint density at radius 1 is 1.00 bits per heavy atom. The predicted octanol–water partition coefficient (Wildman–Crippen LogP) is 5.24. The van der Waals surface area contributed by atoms with Crippen LogP contribution in [-0.2, 0) is 4.79 Å². The van der Waals surface area contributed by atoms with Crippen LogP contribution in [0.15, 0.2) is 71.0 Å². The van der Waals surface area contributed by atoms with Crippen LogP contribution >= 0.6 is 0 Å². The van der Waals surface area contributed by atoms with Crippen LogP contribution in [0.3, 0.4) is 0 Å². The summed E-state index contributed by atoms with van der Waals surface area (Å²) in [6, 6.07) is 16.7. The molecule has 5 nitrogen and oxygen atoms in total. The molecule has 1 heterocycles. The summed E-state index contributed by atoms with van der Waals surface area (Å²) in [5, 5.41) is 5.83. The van der Waals surface area contributed by atoms with Crippen LogP contribution in [0.2, 0.25) is 0 Å². The molecule has 0 saturated heterocycles. The first-order valence-corrected chi connectivity index (χ1v) is 10.4. The minimum absolute atomic E-state index is 0.131. The first kappa shape index (κ1) is 22.1. The van der Waals surface area contributed by atoms with E-state index in [1.807, 2.05) is 52.0 Å². The normalized spacial score (nSPS) is 12.3. The number of carbonyl (C=O) groups excluding carboxylic acids is 2. The van der Waals surface area contributed by atoms with Crippen molar-refractivity contribution in [2.75, 3.05) is 0 Å². The Balaban J connectivity index is 1.87. The molecule has 160 valence electrons. The van der Waals surface area contributed by atoms with E-state index in [0.29, 0.717) is 11.3 Å². The average molecular weight is 417 g/mol. The van der Waals surface area contributed by atoms with Gasteiger partial charge in [-0.05, 0) is 62.1 Å². The lowest BCUT2D eigenvalue weighted by Crippen LogP contribution is -2.37. The van der Waals surface area contributed by atoms with Crippen LogP contribution in [0.25, 0.3) is 6.08 Å². The summed E-state index contributed by atoms with van der Waals surface area (Å²) in [6.07, 6.45) is 3.78. The first-order chi connectivity index (χ1) is 14.9. The SMILES string of the molecule is CCC(NC(=O)/C(=C/c1ccco1)NC(=O)c1ccccc1C)c1ccc(C)cc1C. The van der Waals surface area contributed by atoms with Gasteiger partial charge in [0, 0.05) is 11.6 Å². The van der Waals surface area contributed by atoms with Crippen molar-refractivity contribution in [3.8, 4) is 0 Å². The molecule has 0 aliphatic heterocycles. The molecule has 0 radical (unpaired) electrons. The van der Waals surface area contributed by atoms with Crippen LogP contribution in [0.4, 0.5) is 0 Å². The largest absolute Gasteiger partial charge is 0.465 e. The number of amides is 2. The van der Waals surface area contributed by atoms with E-state index in [4.69, 9.17) is 4.42 Å². The van der Waals surface area contributed by atoms with E-state index in [0.717, 1.165) is 23.1 Å². The van der Waals surface area contributed by atoms with Crippen LogP contribution in [0.5, 0.6) is 0 Å². The lowest BCUT2D eigenvalue weighted by molar-refractivity contribution is -0.118. The van der Waals surface area contributed by atoms with Gasteiger partial charge in [-0.25, -0.2) is 0 Å². The van der Waals surface area contributed by atoms with Gasteiger partial charge in [-0.15, -0.1) is 0 Å². The summed E-state index contributed by atoms with van der Waals surface area (Å²) < 4.78 is 5.37. The highest BCUT2D eigenvalue weighted by Crippen LogP contribution is 2.22. The lowest BCUT2D eigenvalue weighted by atomic mass is 9.97. The number of furan rings is 1. The van der Waals surface area contributed by atoms with Crippen LogP contribution in [-0.4, -0.2) is 11.8 Å². The van der Waals surface area contributed by atoms with Gasteiger partial charge in [-0.3, -0.25) is 9.59 Å². The second kappa shape index (κ2) is 9.94. The molecule has 0 aliphatic carbocycles. The number of nitrogens with one attached hydrogen (secondary N) is 2. The highest BCUT2D eigenvalue weighted by molar-refractivity contribution is 6.05. The Kier molecular flexibility index (Phi) is 7.08. The molecular weight excluding hydrogens is 388 g/mol. The number of rotatable bonds is 7. The van der Waals surface area contributed by atoms with Gasteiger partial charge in [0.25, 0.3) is 11.8 Å². The van der Waals surface area contributed by atoms with E-state index in [1.165, 1.54) is 11.8 Å². The van der Waals surface area contributed by atoms with Crippen molar-refractivity contribution < 1.29 is 14.0 Å². The van der Waals surface area contributed by atoms with Gasteiger partial charge in [0.1, 0.15) is 11.5 Å². The van der Waals surface area contributed by atoms with Crippen molar-refractivity contribution >= 4 is 17.9 Å². The maximum Gasteiger partial charge on any atom is 0.268 e. The molecule has 1 atom stereocenters. The van der Waals surface area contributed by atoms with E-state index < -0.39 is 0 Å². The molecule has 0 saturated carbocycles. The van der Waals surface area contributed by atoms with Crippen LogP contribution in [0, 0.1) is 20.8 Å². The molecule has 2 amide bonds. The quantitative estimate of drug-likeness (QED) is 0.517. The molecule has 0 bridgehead atoms.